The van der Waals surface area contributed by atoms with Crippen LogP contribution in [0.25, 0.3) is 0 Å². The highest BCUT2D eigenvalue weighted by Gasteiger charge is 2.48. The minimum atomic E-state index is -0.983. The highest BCUT2D eigenvalue weighted by molar-refractivity contribution is 6.06. The summed E-state index contributed by atoms with van der Waals surface area (Å²) in [6, 6.07) is 5.14. The minimum Gasteiger partial charge on any atom is -0.493 e. The lowest BCUT2D eigenvalue weighted by atomic mass is 9.92. The van der Waals surface area contributed by atoms with Gasteiger partial charge in [0, 0.05) is 19.5 Å². The Morgan fingerprint density at radius 3 is 2.50 bits per heavy atom. The summed E-state index contributed by atoms with van der Waals surface area (Å²) in [6.45, 7) is 4.70. The van der Waals surface area contributed by atoms with Gasteiger partial charge in [-0.3, -0.25) is 9.69 Å². The van der Waals surface area contributed by atoms with Crippen LogP contribution in [0.15, 0.2) is 18.2 Å². The molecule has 0 radical (unpaired) electrons. The van der Waals surface area contributed by atoms with E-state index in [1.54, 1.807) is 27.2 Å². The van der Waals surface area contributed by atoms with Crippen molar-refractivity contribution in [2.24, 2.45) is 0 Å². The van der Waals surface area contributed by atoms with E-state index in [-0.39, 0.29) is 18.6 Å². The molecular weight excluding hydrogens is 338 g/mol. The number of hydrogen-bond donors (Lipinski definition) is 1. The van der Waals surface area contributed by atoms with Crippen LogP contribution in [0.5, 0.6) is 11.5 Å². The van der Waals surface area contributed by atoms with Crippen LogP contribution in [-0.2, 0) is 16.0 Å². The van der Waals surface area contributed by atoms with E-state index < -0.39 is 5.54 Å². The summed E-state index contributed by atoms with van der Waals surface area (Å²) in [6.07, 6.45) is 0.373. The van der Waals surface area contributed by atoms with Gasteiger partial charge < -0.3 is 19.5 Å². The van der Waals surface area contributed by atoms with Gasteiger partial charge in [-0.2, -0.15) is 0 Å². The Balaban J connectivity index is 1.73. The molecule has 0 aromatic heterocycles. The Bertz CT molecular complexity index is 689. The van der Waals surface area contributed by atoms with Crippen molar-refractivity contribution < 1.29 is 23.8 Å². The summed E-state index contributed by atoms with van der Waals surface area (Å²) >= 11 is 0. The van der Waals surface area contributed by atoms with Crippen molar-refractivity contribution >= 4 is 11.9 Å². The second-order valence-electron chi connectivity index (χ2n) is 6.73. The predicted octanol–water partition coefficient (Wildman–Crippen LogP) is 0.847. The van der Waals surface area contributed by atoms with E-state index >= 15 is 0 Å². The van der Waals surface area contributed by atoms with Crippen LogP contribution in [0.2, 0.25) is 0 Å². The molecule has 2 aliphatic heterocycles. The van der Waals surface area contributed by atoms with Gasteiger partial charge in [0.15, 0.2) is 11.5 Å². The highest BCUT2D eigenvalue weighted by Crippen LogP contribution is 2.30. The zero-order valence-corrected chi connectivity index (χ0v) is 15.4. The molecule has 8 heteroatoms. The third kappa shape index (κ3) is 3.61. The van der Waals surface area contributed by atoms with E-state index in [4.69, 9.17) is 14.2 Å². The van der Waals surface area contributed by atoms with E-state index in [0.717, 1.165) is 5.56 Å². The first-order chi connectivity index (χ1) is 12.5. The summed E-state index contributed by atoms with van der Waals surface area (Å²) in [5, 5.41) is 2.84. The Kier molecular flexibility index (Phi) is 5.33. The molecule has 3 rings (SSSR count). The second kappa shape index (κ2) is 7.51. The molecule has 2 fully saturated rings. The average Bonchev–Trinajstić information content (AvgIpc) is 2.85. The maximum Gasteiger partial charge on any atom is 0.326 e. The molecule has 142 valence electrons. The predicted molar refractivity (Wildman–Crippen MR) is 94.3 cm³/mol. The molecule has 1 aromatic rings. The Morgan fingerprint density at radius 2 is 1.85 bits per heavy atom. The van der Waals surface area contributed by atoms with Crippen LogP contribution < -0.4 is 14.8 Å². The zero-order chi connectivity index (χ0) is 18.7. The smallest absolute Gasteiger partial charge is 0.326 e. The molecule has 0 bridgehead atoms. The lowest BCUT2D eigenvalue weighted by Gasteiger charge is -2.30. The SMILES string of the molecule is COc1ccc(C[C@@]2(C)NC(=O)N(CN3CCOCC3)C2=O)cc1OC. The van der Waals surface area contributed by atoms with E-state index in [0.29, 0.717) is 44.2 Å². The van der Waals surface area contributed by atoms with Crippen LogP contribution in [0, 0.1) is 0 Å². The molecule has 0 spiro atoms. The van der Waals surface area contributed by atoms with Crippen molar-refractivity contribution in [3.05, 3.63) is 23.8 Å². The number of carbonyl (C=O) groups is 2. The number of nitrogens with zero attached hydrogens (tertiary/aromatic N) is 2. The molecular formula is C18H25N3O5. The first-order valence-corrected chi connectivity index (χ1v) is 8.62. The monoisotopic (exact) mass is 363 g/mol. The fraction of sp³-hybridized carbons (Fsp3) is 0.556. The topological polar surface area (TPSA) is 80.3 Å². The van der Waals surface area contributed by atoms with Crippen molar-refractivity contribution in [2.45, 2.75) is 18.9 Å². The van der Waals surface area contributed by atoms with Gasteiger partial charge >= 0.3 is 6.03 Å². The van der Waals surface area contributed by atoms with E-state index in [1.165, 1.54) is 4.90 Å². The summed E-state index contributed by atoms with van der Waals surface area (Å²) in [5.41, 5.74) is -0.102. The van der Waals surface area contributed by atoms with Crippen molar-refractivity contribution in [3.63, 3.8) is 0 Å². The number of benzene rings is 1. The van der Waals surface area contributed by atoms with Crippen LogP contribution in [0.3, 0.4) is 0 Å². The lowest BCUT2D eigenvalue weighted by Crippen LogP contribution is -2.48. The number of hydrogen-bond acceptors (Lipinski definition) is 6. The summed E-state index contributed by atoms with van der Waals surface area (Å²) in [5.74, 6) is 0.997. The van der Waals surface area contributed by atoms with E-state index in [2.05, 4.69) is 5.32 Å². The number of rotatable bonds is 6. The molecule has 3 amide bonds. The number of morpholine rings is 1. The first-order valence-electron chi connectivity index (χ1n) is 8.62. The maximum absolute atomic E-state index is 12.9. The highest BCUT2D eigenvalue weighted by atomic mass is 16.5. The first kappa shape index (κ1) is 18.5. The lowest BCUT2D eigenvalue weighted by molar-refractivity contribution is -0.132. The van der Waals surface area contributed by atoms with Crippen molar-refractivity contribution in [1.82, 2.24) is 15.1 Å². The third-order valence-electron chi connectivity index (χ3n) is 4.80. The molecule has 1 N–H and O–H groups in total. The molecule has 0 aliphatic carbocycles. The minimum absolute atomic E-state index is 0.219. The standard InChI is InChI=1S/C18H25N3O5/c1-18(11-13-4-5-14(24-2)15(10-13)25-3)16(22)21(17(23)19-18)12-20-6-8-26-9-7-20/h4-5,10H,6-9,11-12H2,1-3H3,(H,19,23)/t18-/m1/s1. The van der Waals surface area contributed by atoms with Gasteiger partial charge in [-0.1, -0.05) is 6.07 Å². The van der Waals surface area contributed by atoms with Gasteiger partial charge in [0.05, 0.1) is 34.1 Å². The van der Waals surface area contributed by atoms with Crippen molar-refractivity contribution in [2.75, 3.05) is 47.2 Å². The summed E-state index contributed by atoms with van der Waals surface area (Å²) in [4.78, 5) is 28.6. The number of nitrogens with one attached hydrogen (secondary N) is 1. The number of methoxy groups -OCH3 is 2. The van der Waals surface area contributed by atoms with Crippen molar-refractivity contribution in [3.8, 4) is 11.5 Å². The molecule has 1 aromatic carbocycles. The fourth-order valence-corrected chi connectivity index (χ4v) is 3.34. The second-order valence-corrected chi connectivity index (χ2v) is 6.73. The van der Waals surface area contributed by atoms with Gasteiger partial charge in [0.25, 0.3) is 5.91 Å². The Hall–Kier alpha value is -2.32. The summed E-state index contributed by atoms with van der Waals surface area (Å²) in [7, 11) is 3.14. The van der Waals surface area contributed by atoms with Crippen LogP contribution in [-0.4, -0.2) is 74.5 Å². The third-order valence-corrected chi connectivity index (χ3v) is 4.80. The van der Waals surface area contributed by atoms with Gasteiger partial charge in [-0.15, -0.1) is 0 Å². The number of carbonyl (C=O) groups excluding carboxylic acids is 2. The molecule has 2 heterocycles. The molecule has 0 unspecified atom stereocenters. The maximum atomic E-state index is 12.9. The number of ether oxygens (including phenoxy) is 3. The summed E-state index contributed by atoms with van der Waals surface area (Å²) < 4.78 is 15.9. The van der Waals surface area contributed by atoms with Gasteiger partial charge in [0.2, 0.25) is 0 Å². The van der Waals surface area contributed by atoms with Gasteiger partial charge in [-0.25, -0.2) is 9.69 Å². The number of amides is 3. The van der Waals surface area contributed by atoms with Crippen LogP contribution in [0.1, 0.15) is 12.5 Å². The zero-order valence-electron chi connectivity index (χ0n) is 15.4. The largest absolute Gasteiger partial charge is 0.493 e. The van der Waals surface area contributed by atoms with Gasteiger partial charge in [0.1, 0.15) is 5.54 Å². The Labute approximate surface area is 153 Å². The normalized spacial score (nSPS) is 23.9. The van der Waals surface area contributed by atoms with E-state index in [1.807, 2.05) is 17.0 Å². The van der Waals surface area contributed by atoms with Gasteiger partial charge in [-0.05, 0) is 24.6 Å². The van der Waals surface area contributed by atoms with Crippen molar-refractivity contribution in [1.29, 1.82) is 0 Å². The fourth-order valence-electron chi connectivity index (χ4n) is 3.34. The molecule has 2 saturated heterocycles. The number of imide groups is 1. The molecule has 8 nitrogen and oxygen atoms in total. The quantitative estimate of drug-likeness (QED) is 0.755. The molecule has 2 aliphatic rings. The Morgan fingerprint density at radius 1 is 1.15 bits per heavy atom. The molecule has 26 heavy (non-hydrogen) atoms. The van der Waals surface area contributed by atoms with Crippen LogP contribution in [0.4, 0.5) is 4.79 Å². The van der Waals surface area contributed by atoms with Crippen LogP contribution >= 0.6 is 0 Å². The average molecular weight is 363 g/mol. The molecule has 1 atom stereocenters. The van der Waals surface area contributed by atoms with E-state index in [9.17, 15) is 9.59 Å². The number of urea groups is 1. The molecule has 0 saturated carbocycles.